The summed E-state index contributed by atoms with van der Waals surface area (Å²) in [7, 11) is 1.69. The fourth-order valence-corrected chi connectivity index (χ4v) is 4.03. The van der Waals surface area contributed by atoms with Crippen LogP contribution in [0.1, 0.15) is 11.3 Å². The van der Waals surface area contributed by atoms with Gasteiger partial charge in [-0.05, 0) is 42.5 Å². The number of hydrogen-bond donors (Lipinski definition) is 0. The molecule has 0 radical (unpaired) electrons. The van der Waals surface area contributed by atoms with E-state index in [0.717, 1.165) is 11.3 Å². The molecule has 1 saturated heterocycles. The molecular formula is C15H11Cl2N3OS2. The Hall–Kier alpha value is -1.34. The molecule has 2 heterocycles. The Morgan fingerprint density at radius 2 is 2.13 bits per heavy atom. The number of aliphatic imine (C=N–C) groups is 1. The van der Waals surface area contributed by atoms with Gasteiger partial charge in [0, 0.05) is 22.5 Å². The minimum Gasteiger partial charge on any atom is -0.289 e. The molecule has 0 unspecified atom stereocenters. The second-order valence-electron chi connectivity index (χ2n) is 4.81. The third-order valence-electron chi connectivity index (χ3n) is 3.05. The third-order valence-corrected chi connectivity index (χ3v) is 5.53. The topological polar surface area (TPSA) is 45.6 Å². The second kappa shape index (κ2) is 6.65. The molecule has 1 aliphatic heterocycles. The molecule has 118 valence electrons. The molecule has 23 heavy (non-hydrogen) atoms. The van der Waals surface area contributed by atoms with Crippen molar-refractivity contribution in [1.82, 2.24) is 9.88 Å². The lowest BCUT2D eigenvalue weighted by atomic mass is 10.2. The van der Waals surface area contributed by atoms with Crippen molar-refractivity contribution in [2.75, 3.05) is 7.05 Å². The Bertz CT molecular complexity index is 845. The normalized spacial score (nSPS) is 18.4. The standard InChI is InChI=1S/C15H11Cl2N3OS2/c1-8-7-22-14(18-8)19-15-20(2)13(21)12(23-15)5-9-3-4-10(16)6-11(9)17/h3-7H,1-2H3/b12-5-,19-15+. The molecule has 0 saturated carbocycles. The molecule has 0 atom stereocenters. The predicted molar refractivity (Wildman–Crippen MR) is 98.7 cm³/mol. The van der Waals surface area contributed by atoms with Crippen molar-refractivity contribution >= 4 is 68.6 Å². The first-order chi connectivity index (χ1) is 10.9. The molecule has 0 bridgehead atoms. The predicted octanol–water partition coefficient (Wildman–Crippen LogP) is 4.99. The summed E-state index contributed by atoms with van der Waals surface area (Å²) in [6.45, 7) is 1.91. The van der Waals surface area contributed by atoms with Gasteiger partial charge in [0.25, 0.3) is 5.91 Å². The maximum absolute atomic E-state index is 12.4. The fraction of sp³-hybridized carbons (Fsp3) is 0.133. The molecule has 0 N–H and O–H groups in total. The molecule has 4 nitrogen and oxygen atoms in total. The zero-order valence-corrected chi connectivity index (χ0v) is 15.4. The number of aryl methyl sites for hydroxylation is 1. The van der Waals surface area contributed by atoms with Crippen LogP contribution in [-0.2, 0) is 4.79 Å². The van der Waals surface area contributed by atoms with Gasteiger partial charge in [-0.15, -0.1) is 11.3 Å². The highest BCUT2D eigenvalue weighted by Crippen LogP contribution is 2.35. The van der Waals surface area contributed by atoms with E-state index in [1.165, 1.54) is 28.0 Å². The first kappa shape index (κ1) is 16.5. The first-order valence-electron chi connectivity index (χ1n) is 6.57. The summed E-state index contributed by atoms with van der Waals surface area (Å²) in [5, 5.41) is 4.21. The van der Waals surface area contributed by atoms with Gasteiger partial charge in [0.05, 0.1) is 10.6 Å². The van der Waals surface area contributed by atoms with Crippen LogP contribution in [0.25, 0.3) is 6.08 Å². The lowest BCUT2D eigenvalue weighted by molar-refractivity contribution is -0.121. The minimum absolute atomic E-state index is 0.118. The number of amidine groups is 1. The number of aromatic nitrogens is 1. The van der Waals surface area contributed by atoms with Crippen LogP contribution in [-0.4, -0.2) is 28.0 Å². The Kier molecular flexibility index (Phi) is 4.77. The Morgan fingerprint density at radius 1 is 1.35 bits per heavy atom. The lowest BCUT2D eigenvalue weighted by Crippen LogP contribution is -2.23. The zero-order valence-electron chi connectivity index (χ0n) is 12.2. The number of rotatable bonds is 2. The van der Waals surface area contributed by atoms with Gasteiger partial charge in [-0.1, -0.05) is 29.3 Å². The summed E-state index contributed by atoms with van der Waals surface area (Å²) in [5.41, 5.74) is 1.65. The quantitative estimate of drug-likeness (QED) is 0.685. The average molecular weight is 384 g/mol. The van der Waals surface area contributed by atoms with Gasteiger partial charge in [0.2, 0.25) is 5.13 Å². The molecule has 0 spiro atoms. The monoisotopic (exact) mass is 383 g/mol. The smallest absolute Gasteiger partial charge is 0.266 e. The highest BCUT2D eigenvalue weighted by molar-refractivity contribution is 8.18. The summed E-state index contributed by atoms with van der Waals surface area (Å²) in [6.07, 6.45) is 1.75. The van der Waals surface area contributed by atoms with Crippen molar-refractivity contribution in [3.8, 4) is 0 Å². The fourth-order valence-electron chi connectivity index (χ4n) is 1.89. The summed E-state index contributed by atoms with van der Waals surface area (Å²) in [5.74, 6) is -0.118. The van der Waals surface area contributed by atoms with Crippen LogP contribution in [0.5, 0.6) is 0 Å². The van der Waals surface area contributed by atoms with E-state index in [2.05, 4.69) is 9.98 Å². The molecular weight excluding hydrogens is 373 g/mol. The van der Waals surface area contributed by atoms with E-state index >= 15 is 0 Å². The van der Waals surface area contributed by atoms with Crippen molar-refractivity contribution in [3.05, 3.63) is 49.8 Å². The number of amides is 1. The number of carbonyl (C=O) groups excluding carboxylic acids is 1. The molecule has 8 heteroatoms. The van der Waals surface area contributed by atoms with E-state index in [1.54, 1.807) is 31.3 Å². The van der Waals surface area contributed by atoms with Gasteiger partial charge < -0.3 is 0 Å². The molecule has 3 rings (SSSR count). The van der Waals surface area contributed by atoms with Crippen LogP contribution in [0.3, 0.4) is 0 Å². The van der Waals surface area contributed by atoms with Gasteiger partial charge in [-0.2, -0.15) is 4.99 Å². The van der Waals surface area contributed by atoms with E-state index in [1.807, 2.05) is 12.3 Å². The van der Waals surface area contributed by atoms with E-state index in [4.69, 9.17) is 23.2 Å². The number of hydrogen-bond acceptors (Lipinski definition) is 5. The van der Waals surface area contributed by atoms with Gasteiger partial charge >= 0.3 is 0 Å². The van der Waals surface area contributed by atoms with Crippen LogP contribution in [0, 0.1) is 6.92 Å². The van der Waals surface area contributed by atoms with Gasteiger partial charge in [-0.25, -0.2) is 4.98 Å². The number of thioether (sulfide) groups is 1. The van der Waals surface area contributed by atoms with Crippen LogP contribution in [0.2, 0.25) is 10.0 Å². The van der Waals surface area contributed by atoms with Gasteiger partial charge in [-0.3, -0.25) is 9.69 Å². The van der Waals surface area contributed by atoms with Crippen LogP contribution in [0.4, 0.5) is 5.13 Å². The van der Waals surface area contributed by atoms with Crippen molar-refractivity contribution < 1.29 is 4.79 Å². The van der Waals surface area contributed by atoms with Crippen molar-refractivity contribution in [2.24, 2.45) is 4.99 Å². The molecule has 1 aromatic carbocycles. The van der Waals surface area contributed by atoms with E-state index in [-0.39, 0.29) is 5.91 Å². The highest BCUT2D eigenvalue weighted by Gasteiger charge is 2.30. The zero-order chi connectivity index (χ0) is 16.6. The molecule has 1 aromatic heterocycles. The SMILES string of the molecule is Cc1csc(/N=C2/S/C(=C\c3ccc(Cl)cc3Cl)C(=O)N2C)n1. The number of likely N-dealkylation sites (N-methyl/N-ethyl adjacent to an activating group) is 1. The number of nitrogens with zero attached hydrogens (tertiary/aromatic N) is 3. The number of thiazole rings is 1. The molecule has 1 fully saturated rings. The maximum atomic E-state index is 12.4. The Balaban J connectivity index is 1.92. The van der Waals surface area contributed by atoms with E-state index in [9.17, 15) is 4.79 Å². The van der Waals surface area contributed by atoms with Crippen molar-refractivity contribution in [3.63, 3.8) is 0 Å². The van der Waals surface area contributed by atoms with Crippen LogP contribution >= 0.6 is 46.3 Å². The first-order valence-corrected chi connectivity index (χ1v) is 9.03. The number of carbonyl (C=O) groups is 1. The van der Waals surface area contributed by atoms with Gasteiger partial charge in [0.15, 0.2) is 5.17 Å². The highest BCUT2D eigenvalue weighted by atomic mass is 35.5. The molecule has 1 amide bonds. The number of benzene rings is 1. The Labute approximate surface area is 151 Å². The van der Waals surface area contributed by atoms with Crippen molar-refractivity contribution in [2.45, 2.75) is 6.92 Å². The average Bonchev–Trinajstić information content (AvgIpc) is 3.01. The summed E-state index contributed by atoms with van der Waals surface area (Å²) in [4.78, 5) is 23.2. The summed E-state index contributed by atoms with van der Waals surface area (Å²) in [6, 6.07) is 5.17. The maximum Gasteiger partial charge on any atom is 0.266 e. The van der Waals surface area contributed by atoms with E-state index in [0.29, 0.717) is 25.2 Å². The van der Waals surface area contributed by atoms with Crippen LogP contribution in [0.15, 0.2) is 33.5 Å². The summed E-state index contributed by atoms with van der Waals surface area (Å²) >= 11 is 14.8. The van der Waals surface area contributed by atoms with Gasteiger partial charge in [0.1, 0.15) is 0 Å². The molecule has 0 aliphatic carbocycles. The van der Waals surface area contributed by atoms with Crippen molar-refractivity contribution in [1.29, 1.82) is 0 Å². The molecule has 1 aliphatic rings. The summed E-state index contributed by atoms with van der Waals surface area (Å²) < 4.78 is 0. The minimum atomic E-state index is -0.118. The van der Waals surface area contributed by atoms with Crippen LogP contribution < -0.4 is 0 Å². The Morgan fingerprint density at radius 3 is 2.78 bits per heavy atom. The second-order valence-corrected chi connectivity index (χ2v) is 7.50. The van der Waals surface area contributed by atoms with E-state index < -0.39 is 0 Å². The number of halogens is 2. The third kappa shape index (κ3) is 3.61. The lowest BCUT2D eigenvalue weighted by Gasteiger charge is -2.05. The molecule has 2 aromatic rings. The largest absolute Gasteiger partial charge is 0.289 e.